The van der Waals surface area contributed by atoms with Crippen molar-refractivity contribution in [1.82, 2.24) is 0 Å². The lowest BCUT2D eigenvalue weighted by molar-refractivity contribution is -0.123. The van der Waals surface area contributed by atoms with Crippen LogP contribution in [0.2, 0.25) is 0 Å². The predicted molar refractivity (Wildman–Crippen MR) is 72.7 cm³/mol. The second-order valence-corrected chi connectivity index (χ2v) is 7.39. The van der Waals surface area contributed by atoms with Crippen molar-refractivity contribution in [1.29, 1.82) is 0 Å². The highest BCUT2D eigenvalue weighted by Crippen LogP contribution is 2.70. The Bertz CT molecular complexity index is 569. The van der Waals surface area contributed by atoms with Crippen molar-refractivity contribution in [3.05, 3.63) is 30.3 Å². The maximum Gasteiger partial charge on any atom is 0.238 e. The zero-order valence-corrected chi connectivity index (χ0v) is 11.0. The number of fused-ring (bicyclic) bond motifs is 8. The number of anilines is 1. The highest BCUT2D eigenvalue weighted by molar-refractivity contribution is 8.07. The van der Waals surface area contributed by atoms with Gasteiger partial charge in [0, 0.05) is 10.5 Å². The van der Waals surface area contributed by atoms with Crippen molar-refractivity contribution in [2.75, 3.05) is 4.90 Å². The molecule has 3 nitrogen and oxygen atoms in total. The second-order valence-electron chi connectivity index (χ2n) is 6.03. The van der Waals surface area contributed by atoms with Crippen molar-refractivity contribution in [2.24, 2.45) is 23.7 Å². The molecule has 2 bridgehead atoms. The van der Waals surface area contributed by atoms with Crippen LogP contribution in [0.15, 0.2) is 30.3 Å². The Kier molecular flexibility index (Phi) is 1.79. The van der Waals surface area contributed by atoms with Crippen LogP contribution in [-0.2, 0) is 9.59 Å². The summed E-state index contributed by atoms with van der Waals surface area (Å²) < 4.78 is 0. The molecule has 6 atom stereocenters. The van der Waals surface area contributed by atoms with Crippen LogP contribution in [0.1, 0.15) is 6.42 Å². The number of carbonyl (C=O) groups is 2. The molecule has 2 aliphatic heterocycles. The lowest BCUT2D eigenvalue weighted by Crippen LogP contribution is -2.33. The van der Waals surface area contributed by atoms with Gasteiger partial charge in [0.2, 0.25) is 11.8 Å². The molecule has 2 amide bonds. The van der Waals surface area contributed by atoms with Crippen LogP contribution in [0.5, 0.6) is 0 Å². The number of nitrogens with zero attached hydrogens (tertiary/aromatic N) is 1. The van der Waals surface area contributed by atoms with Gasteiger partial charge >= 0.3 is 0 Å². The number of para-hydroxylation sites is 1. The molecule has 4 heteroatoms. The van der Waals surface area contributed by atoms with Crippen LogP contribution in [0.25, 0.3) is 0 Å². The van der Waals surface area contributed by atoms with E-state index in [0.29, 0.717) is 22.3 Å². The number of thioether (sulfide) groups is 1. The van der Waals surface area contributed by atoms with Crippen molar-refractivity contribution < 1.29 is 9.59 Å². The van der Waals surface area contributed by atoms with Crippen molar-refractivity contribution in [3.8, 4) is 0 Å². The van der Waals surface area contributed by atoms with Gasteiger partial charge in [0.15, 0.2) is 0 Å². The summed E-state index contributed by atoms with van der Waals surface area (Å²) in [5.74, 6) is 1.01. The molecule has 2 saturated carbocycles. The third-order valence-electron chi connectivity index (χ3n) is 5.28. The molecule has 0 spiro atoms. The Labute approximate surface area is 115 Å². The molecule has 0 aromatic heterocycles. The molecule has 2 saturated heterocycles. The maximum absolute atomic E-state index is 12.6. The molecule has 0 N–H and O–H groups in total. The van der Waals surface area contributed by atoms with Crippen LogP contribution in [0, 0.1) is 23.7 Å². The minimum Gasteiger partial charge on any atom is -0.274 e. The summed E-state index contributed by atoms with van der Waals surface area (Å²) in [7, 11) is 0. The third kappa shape index (κ3) is 1.12. The molecule has 5 rings (SSSR count). The number of carbonyl (C=O) groups excluding carboxylic acids is 2. The minimum absolute atomic E-state index is 0.0195. The maximum atomic E-state index is 12.6. The zero-order valence-electron chi connectivity index (χ0n) is 10.2. The number of imide groups is 1. The second kappa shape index (κ2) is 3.23. The van der Waals surface area contributed by atoms with Crippen LogP contribution in [0.4, 0.5) is 5.69 Å². The van der Waals surface area contributed by atoms with E-state index in [1.54, 1.807) is 0 Å². The van der Waals surface area contributed by atoms with Gasteiger partial charge in [-0.1, -0.05) is 18.2 Å². The summed E-state index contributed by atoms with van der Waals surface area (Å²) in [6.07, 6.45) is 1.11. The molecule has 0 radical (unpaired) electrons. The fourth-order valence-corrected chi connectivity index (χ4v) is 6.19. The fourth-order valence-electron chi connectivity index (χ4n) is 4.55. The lowest BCUT2D eigenvalue weighted by Gasteiger charge is -2.17. The molecule has 1 aromatic rings. The highest BCUT2D eigenvalue weighted by Gasteiger charge is 2.72. The van der Waals surface area contributed by atoms with Gasteiger partial charge < -0.3 is 0 Å². The average molecular weight is 271 g/mol. The summed E-state index contributed by atoms with van der Waals surface area (Å²) >= 11 is 1.99. The molecule has 19 heavy (non-hydrogen) atoms. The summed E-state index contributed by atoms with van der Waals surface area (Å²) in [6, 6.07) is 9.38. The van der Waals surface area contributed by atoms with E-state index in [1.165, 1.54) is 4.90 Å². The van der Waals surface area contributed by atoms with Crippen LogP contribution in [0.3, 0.4) is 0 Å². The molecule has 6 unspecified atom stereocenters. The summed E-state index contributed by atoms with van der Waals surface area (Å²) in [4.78, 5) is 26.7. The van der Waals surface area contributed by atoms with E-state index in [2.05, 4.69) is 0 Å². The van der Waals surface area contributed by atoms with Crippen LogP contribution < -0.4 is 4.90 Å². The summed E-state index contributed by atoms with van der Waals surface area (Å²) in [5.41, 5.74) is 0.743. The van der Waals surface area contributed by atoms with E-state index in [0.717, 1.165) is 12.1 Å². The summed E-state index contributed by atoms with van der Waals surface area (Å²) in [6.45, 7) is 0. The molecule has 2 heterocycles. The van der Waals surface area contributed by atoms with Gasteiger partial charge in [-0.15, -0.1) is 0 Å². The SMILES string of the molecule is O=C1C2C3CC(C4SC34)C2C(=O)N1c1ccccc1. The molecule has 96 valence electrons. The van der Waals surface area contributed by atoms with Crippen LogP contribution in [-0.4, -0.2) is 22.3 Å². The zero-order chi connectivity index (χ0) is 12.7. The van der Waals surface area contributed by atoms with E-state index < -0.39 is 0 Å². The smallest absolute Gasteiger partial charge is 0.238 e. The Morgan fingerprint density at radius 3 is 2.11 bits per heavy atom. The topological polar surface area (TPSA) is 37.4 Å². The van der Waals surface area contributed by atoms with Gasteiger partial charge in [-0.05, 0) is 30.4 Å². The first-order valence-corrected chi connectivity index (χ1v) is 7.80. The number of amides is 2. The number of hydrogen-bond donors (Lipinski definition) is 0. The van der Waals surface area contributed by atoms with E-state index in [-0.39, 0.29) is 23.7 Å². The Hall–Kier alpha value is -1.29. The van der Waals surface area contributed by atoms with E-state index in [9.17, 15) is 9.59 Å². The van der Waals surface area contributed by atoms with E-state index in [4.69, 9.17) is 0 Å². The van der Waals surface area contributed by atoms with E-state index >= 15 is 0 Å². The number of hydrogen-bond acceptors (Lipinski definition) is 3. The van der Waals surface area contributed by atoms with Crippen LogP contribution >= 0.6 is 11.8 Å². The molecule has 1 aromatic carbocycles. The lowest BCUT2D eigenvalue weighted by atomic mass is 9.81. The van der Waals surface area contributed by atoms with Gasteiger partial charge in [0.25, 0.3) is 0 Å². The Morgan fingerprint density at radius 2 is 1.53 bits per heavy atom. The van der Waals surface area contributed by atoms with Gasteiger partial charge in [0.1, 0.15) is 0 Å². The minimum atomic E-state index is -0.0195. The normalized spacial score (nSPS) is 45.6. The van der Waals surface area contributed by atoms with E-state index in [1.807, 2.05) is 42.1 Å². The molecule has 2 aliphatic carbocycles. The standard InChI is InChI=1S/C15H13NO2S/c17-14-10-8-6-9(13-12(8)19-13)11(10)15(18)16(14)7-4-2-1-3-5-7/h1-5,8-13H,6H2. The van der Waals surface area contributed by atoms with Crippen molar-refractivity contribution in [2.45, 2.75) is 16.9 Å². The monoisotopic (exact) mass is 271 g/mol. The molecular weight excluding hydrogens is 258 g/mol. The highest BCUT2D eigenvalue weighted by atomic mass is 32.2. The van der Waals surface area contributed by atoms with Gasteiger partial charge in [-0.2, -0.15) is 11.8 Å². The van der Waals surface area contributed by atoms with Gasteiger partial charge in [0.05, 0.1) is 17.5 Å². The first kappa shape index (κ1) is 10.5. The Morgan fingerprint density at radius 1 is 0.947 bits per heavy atom. The van der Waals surface area contributed by atoms with Gasteiger partial charge in [-0.25, -0.2) is 0 Å². The quantitative estimate of drug-likeness (QED) is 0.578. The largest absolute Gasteiger partial charge is 0.274 e. The first-order chi connectivity index (χ1) is 9.27. The molecular formula is C15H13NO2S. The third-order valence-corrected chi connectivity index (χ3v) is 6.88. The predicted octanol–water partition coefficient (Wildman–Crippen LogP) is 1.93. The number of rotatable bonds is 1. The average Bonchev–Trinajstić information content (AvgIpc) is 2.94. The Balaban J connectivity index is 1.58. The number of benzene rings is 1. The van der Waals surface area contributed by atoms with Gasteiger partial charge in [-0.3, -0.25) is 14.5 Å². The molecule has 4 aliphatic rings. The fraction of sp³-hybridized carbons (Fsp3) is 0.467. The molecule has 4 fully saturated rings. The van der Waals surface area contributed by atoms with Crippen molar-refractivity contribution in [3.63, 3.8) is 0 Å². The summed E-state index contributed by atoms with van der Waals surface area (Å²) in [5, 5.41) is 1.36. The first-order valence-electron chi connectivity index (χ1n) is 6.86. The van der Waals surface area contributed by atoms with Crippen molar-refractivity contribution >= 4 is 29.3 Å².